The van der Waals surface area contributed by atoms with Crippen LogP contribution in [-0.2, 0) is 59.2 Å². The molecule has 0 radical (unpaired) electrons. The third kappa shape index (κ3) is 10.1. The summed E-state index contributed by atoms with van der Waals surface area (Å²) in [6.07, 6.45) is 1.42. The largest absolute Gasteiger partial charge is 1.00 e. The molecular formula is C55H69IN2O4. The number of diazo groups is 1. The lowest BCUT2D eigenvalue weighted by molar-refractivity contribution is -0.0000185. The minimum Gasteiger partial charge on any atom is -1.00 e. The van der Waals surface area contributed by atoms with Crippen LogP contribution in [0.1, 0.15) is 187 Å². The Labute approximate surface area is 388 Å². The topological polar surface area (TPSA) is 109 Å². The van der Waals surface area contributed by atoms with Gasteiger partial charge in [0.2, 0.25) is 5.39 Å². The Morgan fingerprint density at radius 2 is 0.468 bits per heavy atom. The number of benzene rings is 5. The molecule has 7 heteroatoms. The number of halogens is 1. The second-order valence-electron chi connectivity index (χ2n) is 22.9. The van der Waals surface area contributed by atoms with Gasteiger partial charge in [0.25, 0.3) is 0 Å². The van der Waals surface area contributed by atoms with Crippen LogP contribution in [0.25, 0.3) is 4.98 Å². The van der Waals surface area contributed by atoms with E-state index >= 15 is 0 Å². The molecule has 0 aliphatic heterocycles. The normalized spacial score (nSPS) is 13.8. The Balaban J connectivity index is 0.00000726. The predicted octanol–water partition coefficient (Wildman–Crippen LogP) is 10.8. The molecule has 4 N–H and O–H groups in total. The summed E-state index contributed by atoms with van der Waals surface area (Å²) in [4.78, 5) is 3.94. The number of rotatable bonds is 0. The number of hydrogen-bond acceptors (Lipinski definition) is 5. The standard InChI is InChI=1S/C55H68N2O4.HI/c1-51(2,3)41-21-31-16-33-23-42(52(4,5)6)25-35(47(33)58)18-37-27-44(54(10,11)12)29-39(49(37)60)20-40-30-45(55(13,14)15)28-38(50(40)61)19-36-26-43(53(7,8)9)24-34(48(36)59)17-32(22-41)46(31)57-56;/h21-30H,16-20H2,1-15H3,(H3-,58,59,60,61);1H. The van der Waals surface area contributed by atoms with Crippen molar-refractivity contribution in [1.29, 1.82) is 5.39 Å². The maximum Gasteiger partial charge on any atom is 0.392 e. The van der Waals surface area contributed by atoms with Gasteiger partial charge in [-0.1, -0.05) is 152 Å². The molecule has 5 aromatic carbocycles. The van der Waals surface area contributed by atoms with E-state index in [1.54, 1.807) is 0 Å². The summed E-state index contributed by atoms with van der Waals surface area (Å²) in [6.45, 7) is 32.3. The van der Waals surface area contributed by atoms with Crippen LogP contribution in [0.2, 0.25) is 0 Å². The molecular weight excluding hydrogens is 880 g/mol. The number of phenols is 4. The molecule has 6 rings (SSSR count). The monoisotopic (exact) mass is 948 g/mol. The molecule has 6 nitrogen and oxygen atoms in total. The van der Waals surface area contributed by atoms with E-state index in [0.717, 1.165) is 38.9 Å². The lowest BCUT2D eigenvalue weighted by atomic mass is 9.79. The molecule has 0 aromatic heterocycles. The molecule has 0 spiro atoms. The number of phenolic OH excluding ortho intramolecular Hbond substituents is 4. The molecule has 5 aromatic rings. The van der Waals surface area contributed by atoms with Gasteiger partial charge < -0.3 is 44.4 Å². The van der Waals surface area contributed by atoms with Crippen LogP contribution in [-0.4, -0.2) is 20.4 Å². The van der Waals surface area contributed by atoms with Crippen molar-refractivity contribution in [2.75, 3.05) is 0 Å². The number of hydrogen-bond donors (Lipinski definition) is 4. The summed E-state index contributed by atoms with van der Waals surface area (Å²) in [6, 6.07) is 20.6. The van der Waals surface area contributed by atoms with Crippen molar-refractivity contribution < 1.29 is 44.4 Å². The van der Waals surface area contributed by atoms with E-state index in [-0.39, 0.29) is 93.3 Å². The third-order valence-electron chi connectivity index (χ3n) is 12.7. The molecule has 0 atom stereocenters. The third-order valence-corrected chi connectivity index (χ3v) is 12.7. The highest BCUT2D eigenvalue weighted by Crippen LogP contribution is 2.44. The first-order valence-electron chi connectivity index (χ1n) is 21.9. The van der Waals surface area contributed by atoms with E-state index in [1.807, 2.05) is 0 Å². The molecule has 10 bridgehead atoms. The molecule has 0 saturated heterocycles. The van der Waals surface area contributed by atoms with Crippen LogP contribution in [0, 0.1) is 5.39 Å². The zero-order valence-corrected chi connectivity index (χ0v) is 42.0. The first-order valence-corrected chi connectivity index (χ1v) is 21.9. The maximum atomic E-state index is 12.3. The Morgan fingerprint density at radius 1 is 0.323 bits per heavy atom. The van der Waals surface area contributed by atoms with Gasteiger partial charge in [0.05, 0.1) is 11.1 Å². The van der Waals surface area contributed by atoms with Gasteiger partial charge in [-0.05, 0) is 112 Å². The summed E-state index contributed by atoms with van der Waals surface area (Å²) in [5.74, 6) is 0.541. The Morgan fingerprint density at radius 3 is 0.613 bits per heavy atom. The summed E-state index contributed by atoms with van der Waals surface area (Å²) < 4.78 is 0. The van der Waals surface area contributed by atoms with Crippen LogP contribution < -0.4 is 24.0 Å². The van der Waals surface area contributed by atoms with E-state index in [1.165, 1.54) is 0 Å². The van der Waals surface area contributed by atoms with Crippen LogP contribution in [0.5, 0.6) is 23.0 Å². The molecule has 0 saturated carbocycles. The van der Waals surface area contributed by atoms with Crippen molar-refractivity contribution in [2.24, 2.45) is 0 Å². The molecule has 330 valence electrons. The minimum absolute atomic E-state index is 0. The van der Waals surface area contributed by atoms with E-state index in [0.29, 0.717) is 63.0 Å². The lowest BCUT2D eigenvalue weighted by Crippen LogP contribution is -3.00. The van der Waals surface area contributed by atoms with Crippen molar-refractivity contribution in [2.45, 2.75) is 163 Å². The first-order chi connectivity index (χ1) is 27.9. The maximum absolute atomic E-state index is 12.3. The van der Waals surface area contributed by atoms with Gasteiger partial charge in [-0.25, -0.2) is 0 Å². The summed E-state index contributed by atoms with van der Waals surface area (Å²) in [5, 5.41) is 60.0. The molecule has 0 unspecified atom stereocenters. The Hall–Kier alpha value is -4.55. The average molecular weight is 949 g/mol. The fraction of sp³-hybridized carbons (Fsp3) is 0.455. The summed E-state index contributed by atoms with van der Waals surface area (Å²) in [7, 11) is 0. The first kappa shape index (κ1) is 48.5. The summed E-state index contributed by atoms with van der Waals surface area (Å²) in [5.41, 5.74) is 11.3. The smallest absolute Gasteiger partial charge is 0.392 e. The summed E-state index contributed by atoms with van der Waals surface area (Å²) >= 11 is 0. The lowest BCUT2D eigenvalue weighted by Gasteiger charge is -2.26. The highest BCUT2D eigenvalue weighted by atomic mass is 127. The second-order valence-corrected chi connectivity index (χ2v) is 22.9. The van der Waals surface area contributed by atoms with Gasteiger partial charge in [-0.2, -0.15) is 0 Å². The molecule has 1 aliphatic carbocycles. The average Bonchev–Trinajstić information content (AvgIpc) is 3.11. The van der Waals surface area contributed by atoms with Crippen LogP contribution in [0.15, 0.2) is 60.7 Å². The van der Waals surface area contributed by atoms with Crippen molar-refractivity contribution in [3.63, 3.8) is 0 Å². The molecule has 0 fully saturated rings. The van der Waals surface area contributed by atoms with Gasteiger partial charge in [-0.3, -0.25) is 0 Å². The highest BCUT2D eigenvalue weighted by Gasteiger charge is 2.31. The van der Waals surface area contributed by atoms with Gasteiger partial charge in [0, 0.05) is 32.1 Å². The minimum atomic E-state index is -0.271. The zero-order chi connectivity index (χ0) is 45.4. The van der Waals surface area contributed by atoms with Crippen molar-refractivity contribution in [1.82, 2.24) is 0 Å². The van der Waals surface area contributed by atoms with E-state index in [2.05, 4.69) is 169 Å². The number of fused-ring (bicyclic) bond motifs is 10. The number of aromatic hydroxyl groups is 4. The fourth-order valence-corrected chi connectivity index (χ4v) is 8.47. The van der Waals surface area contributed by atoms with Gasteiger partial charge in [0.1, 0.15) is 23.0 Å². The van der Waals surface area contributed by atoms with Crippen molar-refractivity contribution in [3.05, 3.63) is 149 Å². The van der Waals surface area contributed by atoms with Crippen LogP contribution >= 0.6 is 0 Å². The van der Waals surface area contributed by atoms with Crippen molar-refractivity contribution >= 4 is 5.69 Å². The molecule has 0 heterocycles. The Bertz CT molecular complexity index is 2420. The van der Waals surface area contributed by atoms with E-state index in [9.17, 15) is 25.8 Å². The molecule has 0 amide bonds. The molecule has 1 aliphatic rings. The van der Waals surface area contributed by atoms with E-state index < -0.39 is 0 Å². The fourth-order valence-electron chi connectivity index (χ4n) is 8.47. The van der Waals surface area contributed by atoms with Crippen molar-refractivity contribution in [3.8, 4) is 23.0 Å². The van der Waals surface area contributed by atoms with E-state index in [4.69, 9.17) is 0 Å². The highest BCUT2D eigenvalue weighted by molar-refractivity contribution is 5.65. The van der Waals surface area contributed by atoms with Gasteiger partial charge >= 0.3 is 5.69 Å². The molecule has 62 heavy (non-hydrogen) atoms. The van der Waals surface area contributed by atoms with Gasteiger partial charge in [-0.15, -0.1) is 0 Å². The van der Waals surface area contributed by atoms with Gasteiger partial charge in [0.15, 0.2) is 4.98 Å². The van der Waals surface area contributed by atoms with Crippen LogP contribution in [0.3, 0.4) is 0 Å². The predicted molar refractivity (Wildman–Crippen MR) is 251 cm³/mol. The number of nitrogens with zero attached hydrogens (tertiary/aromatic N) is 2. The second kappa shape index (κ2) is 16.9. The quantitative estimate of drug-likeness (QED) is 0.0896. The Kier molecular flexibility index (Phi) is 13.2. The van der Waals surface area contributed by atoms with Crippen LogP contribution in [0.4, 0.5) is 5.69 Å². The zero-order valence-electron chi connectivity index (χ0n) is 39.9. The SMILES string of the molecule is CC(C)(C)c1cc2c(O)c(c1)Cc1cc(C(C)(C)C)cc(c1O)Cc1cc(C(C)(C)C)cc(c1[N+]#N)Cc1cc(C(C)(C)C)cc(c1O)Cc1cc(C(C)(C)C)cc(c1O)C2.[I-].